The Morgan fingerprint density at radius 1 is 1.10 bits per heavy atom. The van der Waals surface area contributed by atoms with Crippen molar-refractivity contribution in [3.63, 3.8) is 0 Å². The summed E-state index contributed by atoms with van der Waals surface area (Å²) in [7, 11) is 0. The normalized spacial score (nSPS) is 12.8. The van der Waals surface area contributed by atoms with E-state index < -0.39 is 12.0 Å². The van der Waals surface area contributed by atoms with Gasteiger partial charge in [0.1, 0.15) is 6.04 Å². The van der Waals surface area contributed by atoms with Crippen molar-refractivity contribution < 1.29 is 18.7 Å². The molecule has 0 aliphatic heterocycles. The maximum atomic E-state index is 12.7. The van der Waals surface area contributed by atoms with Crippen molar-refractivity contribution in [2.45, 2.75) is 32.9 Å². The van der Waals surface area contributed by atoms with Gasteiger partial charge in [0.2, 0.25) is 5.89 Å². The van der Waals surface area contributed by atoms with Crippen LogP contribution >= 0.6 is 11.6 Å². The summed E-state index contributed by atoms with van der Waals surface area (Å²) in [5.41, 5.74) is 1.18. The van der Waals surface area contributed by atoms with Gasteiger partial charge in [0.05, 0.1) is 0 Å². The number of halogens is 1. The van der Waals surface area contributed by atoms with E-state index in [1.807, 2.05) is 44.2 Å². The van der Waals surface area contributed by atoms with Gasteiger partial charge in [-0.3, -0.25) is 4.79 Å². The van der Waals surface area contributed by atoms with Gasteiger partial charge >= 0.3 is 5.97 Å². The Kier molecular flexibility index (Phi) is 7.19. The lowest BCUT2D eigenvalue weighted by Crippen LogP contribution is -2.46. The van der Waals surface area contributed by atoms with E-state index in [1.165, 1.54) is 0 Å². The zero-order chi connectivity index (χ0) is 21.5. The molecular formula is C22H22ClN3O4. The summed E-state index contributed by atoms with van der Waals surface area (Å²) >= 11 is 5.86. The molecule has 1 N–H and O–H groups in total. The van der Waals surface area contributed by atoms with Gasteiger partial charge < -0.3 is 14.5 Å². The Labute approximate surface area is 179 Å². The molecule has 30 heavy (non-hydrogen) atoms. The highest BCUT2D eigenvalue weighted by molar-refractivity contribution is 6.30. The van der Waals surface area contributed by atoms with Crippen molar-refractivity contribution in [3.8, 4) is 11.5 Å². The molecule has 0 saturated heterocycles. The Balaban J connectivity index is 1.63. The molecule has 3 aromatic rings. The number of hydrogen-bond donors (Lipinski definition) is 1. The molecule has 1 heterocycles. The van der Waals surface area contributed by atoms with Crippen molar-refractivity contribution in [2.75, 3.05) is 0 Å². The zero-order valence-electron chi connectivity index (χ0n) is 16.7. The zero-order valence-corrected chi connectivity index (χ0v) is 17.4. The molecule has 0 fully saturated rings. The van der Waals surface area contributed by atoms with Crippen molar-refractivity contribution in [1.82, 2.24) is 15.5 Å². The van der Waals surface area contributed by atoms with Gasteiger partial charge in [-0.25, -0.2) is 4.79 Å². The highest BCUT2D eigenvalue weighted by Gasteiger charge is 2.28. The van der Waals surface area contributed by atoms with E-state index in [2.05, 4.69) is 15.5 Å². The number of amides is 1. The predicted octanol–water partition coefficient (Wildman–Crippen LogP) is 4.28. The quantitative estimate of drug-likeness (QED) is 0.539. The summed E-state index contributed by atoms with van der Waals surface area (Å²) in [6, 6.07) is 14.9. The first-order valence-corrected chi connectivity index (χ1v) is 9.96. The van der Waals surface area contributed by atoms with Crippen LogP contribution in [0.1, 0.15) is 36.5 Å². The Morgan fingerprint density at radius 3 is 2.47 bits per heavy atom. The average Bonchev–Trinajstić information content (AvgIpc) is 3.25. The molecule has 156 valence electrons. The Morgan fingerprint density at radius 2 is 1.80 bits per heavy atom. The first-order valence-electron chi connectivity index (χ1n) is 9.58. The van der Waals surface area contributed by atoms with E-state index in [9.17, 15) is 9.59 Å². The number of rotatable bonds is 8. The molecular weight excluding hydrogens is 406 g/mol. The maximum absolute atomic E-state index is 12.7. The van der Waals surface area contributed by atoms with Gasteiger partial charge in [0, 0.05) is 16.1 Å². The van der Waals surface area contributed by atoms with Gasteiger partial charge in [-0.15, -0.1) is 10.2 Å². The predicted molar refractivity (Wildman–Crippen MR) is 112 cm³/mol. The van der Waals surface area contributed by atoms with Crippen LogP contribution in [-0.4, -0.2) is 28.1 Å². The lowest BCUT2D eigenvalue weighted by atomic mass is 9.99. The monoisotopic (exact) mass is 427 g/mol. The number of carbonyl (C=O) groups is 2. The summed E-state index contributed by atoms with van der Waals surface area (Å²) in [4.78, 5) is 25.2. The fourth-order valence-corrected chi connectivity index (χ4v) is 2.85. The number of esters is 1. The molecule has 2 atom stereocenters. The first-order chi connectivity index (χ1) is 14.5. The minimum Gasteiger partial charge on any atom is -0.454 e. The number of carbonyl (C=O) groups excluding carboxylic acids is 2. The lowest BCUT2D eigenvalue weighted by Gasteiger charge is -2.22. The molecule has 0 aliphatic rings. The van der Waals surface area contributed by atoms with Crippen molar-refractivity contribution >= 4 is 23.5 Å². The number of hydrogen-bond acceptors (Lipinski definition) is 6. The van der Waals surface area contributed by atoms with Crippen LogP contribution in [0, 0.1) is 5.92 Å². The third-order valence-electron chi connectivity index (χ3n) is 4.69. The molecule has 1 amide bonds. The lowest BCUT2D eigenvalue weighted by molar-refractivity contribution is -0.149. The third-order valence-corrected chi connectivity index (χ3v) is 4.94. The average molecular weight is 428 g/mol. The Bertz CT molecular complexity index is 989. The van der Waals surface area contributed by atoms with E-state index in [0.717, 1.165) is 5.56 Å². The highest BCUT2D eigenvalue weighted by atomic mass is 35.5. The van der Waals surface area contributed by atoms with E-state index >= 15 is 0 Å². The summed E-state index contributed by atoms with van der Waals surface area (Å²) in [6.45, 7) is 3.63. The fraction of sp³-hybridized carbons (Fsp3) is 0.273. The molecule has 0 spiro atoms. The minimum absolute atomic E-state index is 0.128. The summed E-state index contributed by atoms with van der Waals surface area (Å²) in [5.74, 6) is -0.550. The summed E-state index contributed by atoms with van der Waals surface area (Å²) in [5, 5.41) is 11.2. The second kappa shape index (κ2) is 10.0. The smallest absolute Gasteiger partial charge is 0.329 e. The standard InChI is InChI=1S/C22H22ClN3O4/c1-3-14(2)19(24-20(27)15-9-11-17(23)12-10-15)22(28)29-13-18-25-26-21(30-18)16-7-5-4-6-8-16/h4-12,14,19H,3,13H2,1-2H3,(H,24,27)/t14-,19-/m0/s1. The maximum Gasteiger partial charge on any atom is 0.329 e. The topological polar surface area (TPSA) is 94.3 Å². The van der Waals surface area contributed by atoms with Crippen LogP contribution in [0.2, 0.25) is 5.02 Å². The van der Waals surface area contributed by atoms with Gasteiger partial charge in [-0.2, -0.15) is 0 Å². The molecule has 0 bridgehead atoms. The molecule has 7 nitrogen and oxygen atoms in total. The molecule has 2 aromatic carbocycles. The molecule has 3 rings (SSSR count). The number of nitrogens with one attached hydrogen (secondary N) is 1. The van der Waals surface area contributed by atoms with Crippen LogP contribution in [0.4, 0.5) is 0 Å². The fourth-order valence-electron chi connectivity index (χ4n) is 2.73. The molecule has 0 saturated carbocycles. The number of nitrogens with zero attached hydrogens (tertiary/aromatic N) is 2. The van der Waals surface area contributed by atoms with E-state index in [1.54, 1.807) is 24.3 Å². The summed E-state index contributed by atoms with van der Waals surface area (Å²) < 4.78 is 10.9. The van der Waals surface area contributed by atoms with Crippen molar-refractivity contribution in [1.29, 1.82) is 0 Å². The van der Waals surface area contributed by atoms with Crippen LogP contribution in [0.25, 0.3) is 11.5 Å². The summed E-state index contributed by atoms with van der Waals surface area (Å²) in [6.07, 6.45) is 0.680. The largest absolute Gasteiger partial charge is 0.454 e. The van der Waals surface area contributed by atoms with Gasteiger partial charge in [0.15, 0.2) is 6.61 Å². The number of aromatic nitrogens is 2. The molecule has 1 aromatic heterocycles. The number of ether oxygens (including phenoxy) is 1. The number of benzene rings is 2. The van der Waals surface area contributed by atoms with Crippen LogP contribution in [-0.2, 0) is 16.1 Å². The van der Waals surface area contributed by atoms with Crippen LogP contribution in [0.3, 0.4) is 0 Å². The molecule has 0 aliphatic carbocycles. The van der Waals surface area contributed by atoms with Crippen LogP contribution in [0.5, 0.6) is 0 Å². The van der Waals surface area contributed by atoms with E-state index in [4.69, 9.17) is 20.8 Å². The van der Waals surface area contributed by atoms with E-state index in [-0.39, 0.29) is 24.3 Å². The highest BCUT2D eigenvalue weighted by Crippen LogP contribution is 2.18. The first kappa shape index (κ1) is 21.5. The third kappa shape index (κ3) is 5.45. The SMILES string of the molecule is CC[C@H](C)[C@H](NC(=O)c1ccc(Cl)cc1)C(=O)OCc1nnc(-c2ccccc2)o1. The molecule has 0 unspecified atom stereocenters. The molecule has 0 radical (unpaired) electrons. The van der Waals surface area contributed by atoms with Crippen LogP contribution in [0.15, 0.2) is 59.0 Å². The molecule has 8 heteroatoms. The van der Waals surface area contributed by atoms with E-state index in [0.29, 0.717) is 22.9 Å². The second-order valence-corrected chi connectivity index (χ2v) is 7.25. The van der Waals surface area contributed by atoms with Gasteiger partial charge in [-0.05, 0) is 42.3 Å². The van der Waals surface area contributed by atoms with Crippen molar-refractivity contribution in [3.05, 3.63) is 71.1 Å². The Hall–Kier alpha value is -3.19. The minimum atomic E-state index is -0.810. The van der Waals surface area contributed by atoms with Gasteiger partial charge in [0.25, 0.3) is 11.8 Å². The van der Waals surface area contributed by atoms with Crippen molar-refractivity contribution in [2.24, 2.45) is 5.92 Å². The van der Waals surface area contributed by atoms with Crippen LogP contribution < -0.4 is 5.32 Å². The second-order valence-electron chi connectivity index (χ2n) is 6.82. The van der Waals surface area contributed by atoms with Gasteiger partial charge in [-0.1, -0.05) is 50.1 Å².